The van der Waals surface area contributed by atoms with Crippen LogP contribution in [0.2, 0.25) is 5.02 Å². The van der Waals surface area contributed by atoms with E-state index in [-0.39, 0.29) is 5.57 Å². The fraction of sp³-hybridized carbons (Fsp3) is 0.118. The van der Waals surface area contributed by atoms with E-state index >= 15 is 0 Å². The van der Waals surface area contributed by atoms with Gasteiger partial charge in [0, 0.05) is 10.6 Å². The third kappa shape index (κ3) is 3.86. The van der Waals surface area contributed by atoms with Gasteiger partial charge in [-0.2, -0.15) is 0 Å². The van der Waals surface area contributed by atoms with Gasteiger partial charge in [-0.1, -0.05) is 41.9 Å². The van der Waals surface area contributed by atoms with Crippen LogP contribution in [0.25, 0.3) is 11.6 Å². The van der Waals surface area contributed by atoms with Crippen molar-refractivity contribution in [2.45, 2.75) is 6.92 Å². The summed E-state index contributed by atoms with van der Waals surface area (Å²) < 4.78 is 5.51. The number of ether oxygens (including phenoxy) is 1. The minimum Gasteiger partial charge on any atom is -0.493 e. The highest BCUT2D eigenvalue weighted by Crippen LogP contribution is 2.28. The van der Waals surface area contributed by atoms with Crippen LogP contribution >= 0.6 is 11.6 Å². The van der Waals surface area contributed by atoms with Gasteiger partial charge in [0.1, 0.15) is 5.75 Å². The molecule has 0 bridgehead atoms. The Morgan fingerprint density at radius 3 is 2.57 bits per heavy atom. The van der Waals surface area contributed by atoms with Crippen molar-refractivity contribution in [3.8, 4) is 5.75 Å². The Morgan fingerprint density at radius 2 is 1.95 bits per heavy atom. The van der Waals surface area contributed by atoms with Gasteiger partial charge in [-0.15, -0.1) is 0 Å². The molecule has 2 aromatic rings. The van der Waals surface area contributed by atoms with Gasteiger partial charge in [0.2, 0.25) is 0 Å². The zero-order valence-electron chi connectivity index (χ0n) is 11.5. The van der Waals surface area contributed by atoms with Crippen molar-refractivity contribution in [2.24, 2.45) is 0 Å². The molecular weight excluding hydrogens is 288 g/mol. The maximum atomic E-state index is 11.5. The molecule has 0 atom stereocenters. The monoisotopic (exact) mass is 302 g/mol. The molecule has 21 heavy (non-hydrogen) atoms. The highest BCUT2D eigenvalue weighted by atomic mass is 35.5. The zero-order valence-corrected chi connectivity index (χ0v) is 12.3. The summed E-state index contributed by atoms with van der Waals surface area (Å²) in [7, 11) is 0. The molecule has 2 rings (SSSR count). The maximum Gasteiger partial charge on any atom is 0.336 e. The molecule has 0 unspecified atom stereocenters. The number of carbonyl (C=O) groups is 1. The van der Waals surface area contributed by atoms with Crippen LogP contribution in [-0.2, 0) is 4.79 Å². The molecule has 0 fully saturated rings. The lowest BCUT2D eigenvalue weighted by Gasteiger charge is -2.09. The van der Waals surface area contributed by atoms with Crippen LogP contribution in [0.5, 0.6) is 5.75 Å². The van der Waals surface area contributed by atoms with E-state index in [9.17, 15) is 9.90 Å². The molecule has 108 valence electrons. The van der Waals surface area contributed by atoms with E-state index in [1.54, 1.807) is 48.5 Å². The molecule has 0 aromatic heterocycles. The molecule has 0 spiro atoms. The number of rotatable bonds is 5. The van der Waals surface area contributed by atoms with Crippen molar-refractivity contribution >= 4 is 29.2 Å². The Balaban J connectivity index is 2.53. The van der Waals surface area contributed by atoms with Gasteiger partial charge in [-0.05, 0) is 36.8 Å². The van der Waals surface area contributed by atoms with E-state index < -0.39 is 5.97 Å². The molecule has 0 aliphatic carbocycles. The first-order valence-corrected chi connectivity index (χ1v) is 6.92. The minimum atomic E-state index is -0.997. The van der Waals surface area contributed by atoms with Crippen LogP contribution in [0.15, 0.2) is 48.5 Å². The molecule has 0 aliphatic heterocycles. The third-order valence-electron chi connectivity index (χ3n) is 2.89. The molecular formula is C17H15ClO3. The lowest BCUT2D eigenvalue weighted by molar-refractivity contribution is -0.130. The molecule has 0 saturated carbocycles. The van der Waals surface area contributed by atoms with E-state index in [1.165, 1.54) is 0 Å². The Hall–Kier alpha value is -2.26. The van der Waals surface area contributed by atoms with Crippen LogP contribution < -0.4 is 4.74 Å². The summed E-state index contributed by atoms with van der Waals surface area (Å²) >= 11 is 5.99. The highest BCUT2D eigenvalue weighted by Gasteiger charge is 2.12. The van der Waals surface area contributed by atoms with E-state index in [0.717, 1.165) is 0 Å². The van der Waals surface area contributed by atoms with Crippen LogP contribution in [0.1, 0.15) is 18.1 Å². The Morgan fingerprint density at radius 1 is 1.24 bits per heavy atom. The molecule has 1 N–H and O–H groups in total. The molecule has 4 heteroatoms. The smallest absolute Gasteiger partial charge is 0.336 e. The molecule has 2 aromatic carbocycles. The fourth-order valence-electron chi connectivity index (χ4n) is 1.96. The first kappa shape index (κ1) is 15.1. The van der Waals surface area contributed by atoms with Crippen molar-refractivity contribution in [1.82, 2.24) is 0 Å². The number of hydrogen-bond acceptors (Lipinski definition) is 2. The van der Waals surface area contributed by atoms with Crippen LogP contribution in [-0.4, -0.2) is 17.7 Å². The average Bonchev–Trinajstić information content (AvgIpc) is 2.48. The lowest BCUT2D eigenvalue weighted by Crippen LogP contribution is -2.00. The molecule has 3 nitrogen and oxygen atoms in total. The van der Waals surface area contributed by atoms with Gasteiger partial charge in [0.15, 0.2) is 0 Å². The Kier molecular flexibility index (Phi) is 5.01. The van der Waals surface area contributed by atoms with Crippen LogP contribution in [0, 0.1) is 0 Å². The second-order valence-electron chi connectivity index (χ2n) is 4.34. The molecule has 0 heterocycles. The largest absolute Gasteiger partial charge is 0.493 e. The number of hydrogen-bond donors (Lipinski definition) is 1. The van der Waals surface area contributed by atoms with Crippen molar-refractivity contribution in [1.29, 1.82) is 0 Å². The quantitative estimate of drug-likeness (QED) is 0.659. The van der Waals surface area contributed by atoms with Crippen molar-refractivity contribution in [3.05, 3.63) is 64.7 Å². The van der Waals surface area contributed by atoms with Gasteiger partial charge in [0.05, 0.1) is 12.2 Å². The van der Waals surface area contributed by atoms with Gasteiger partial charge < -0.3 is 9.84 Å². The summed E-state index contributed by atoms with van der Waals surface area (Å²) in [5.74, 6) is -0.389. The number of carboxylic acids is 1. The topological polar surface area (TPSA) is 46.5 Å². The number of benzene rings is 2. The molecule has 0 amide bonds. The number of carboxylic acid groups (broad SMARTS) is 1. The fourth-order valence-corrected chi connectivity index (χ4v) is 2.14. The van der Waals surface area contributed by atoms with Crippen molar-refractivity contribution in [3.63, 3.8) is 0 Å². The van der Waals surface area contributed by atoms with E-state index in [1.807, 2.05) is 13.0 Å². The second kappa shape index (κ2) is 6.95. The molecule has 0 aliphatic rings. The van der Waals surface area contributed by atoms with E-state index in [4.69, 9.17) is 16.3 Å². The number of aliphatic carboxylic acids is 1. The third-order valence-corrected chi connectivity index (χ3v) is 3.12. The average molecular weight is 303 g/mol. The van der Waals surface area contributed by atoms with Gasteiger partial charge >= 0.3 is 5.97 Å². The lowest BCUT2D eigenvalue weighted by atomic mass is 10.0. The minimum absolute atomic E-state index is 0.193. The van der Waals surface area contributed by atoms with Crippen LogP contribution in [0.3, 0.4) is 0 Å². The summed E-state index contributed by atoms with van der Waals surface area (Å²) in [6.07, 6.45) is 1.58. The SMILES string of the molecule is CCOc1ccc(Cl)cc1/C=C(\C(=O)O)c1ccccc1. The summed E-state index contributed by atoms with van der Waals surface area (Å²) in [4.78, 5) is 11.5. The molecule has 0 radical (unpaired) electrons. The van der Waals surface area contributed by atoms with E-state index in [0.29, 0.717) is 28.5 Å². The Labute approximate surface area is 128 Å². The van der Waals surface area contributed by atoms with Gasteiger partial charge in [-0.3, -0.25) is 0 Å². The van der Waals surface area contributed by atoms with Crippen LogP contribution in [0.4, 0.5) is 0 Å². The number of halogens is 1. The Bertz CT molecular complexity index is 663. The van der Waals surface area contributed by atoms with Gasteiger partial charge in [0.25, 0.3) is 0 Å². The summed E-state index contributed by atoms with van der Waals surface area (Å²) in [6.45, 7) is 2.37. The molecule has 0 saturated heterocycles. The zero-order chi connectivity index (χ0) is 15.2. The predicted octanol–water partition coefficient (Wildman–Crippen LogP) is 4.36. The second-order valence-corrected chi connectivity index (χ2v) is 4.78. The summed E-state index contributed by atoms with van der Waals surface area (Å²) in [5, 5.41) is 9.97. The first-order valence-electron chi connectivity index (χ1n) is 6.54. The van der Waals surface area contributed by atoms with Gasteiger partial charge in [-0.25, -0.2) is 4.79 Å². The van der Waals surface area contributed by atoms with E-state index in [2.05, 4.69) is 0 Å². The first-order chi connectivity index (χ1) is 10.1. The predicted molar refractivity (Wildman–Crippen MR) is 84.6 cm³/mol. The summed E-state index contributed by atoms with van der Waals surface area (Å²) in [6, 6.07) is 14.1. The van der Waals surface area contributed by atoms with Crippen molar-refractivity contribution in [2.75, 3.05) is 6.61 Å². The highest BCUT2D eigenvalue weighted by molar-refractivity contribution is 6.31. The maximum absolute atomic E-state index is 11.5. The summed E-state index contributed by atoms with van der Waals surface area (Å²) in [5.41, 5.74) is 1.47. The van der Waals surface area contributed by atoms with Crippen molar-refractivity contribution < 1.29 is 14.6 Å². The normalized spacial score (nSPS) is 11.2. The standard InChI is InChI=1S/C17H15ClO3/c1-2-21-16-9-8-14(18)10-13(16)11-15(17(19)20)12-6-4-3-5-7-12/h3-11H,2H2,1H3,(H,19,20)/b15-11-.